The molecule has 3 aliphatic heterocycles. The highest BCUT2D eigenvalue weighted by Crippen LogP contribution is 2.52. The molecule has 0 unspecified atom stereocenters. The molecule has 27 heavy (non-hydrogen) atoms. The van der Waals surface area contributed by atoms with Crippen LogP contribution in [0.15, 0.2) is 23.1 Å². The standard InChI is InChI=1S/C21H22N2O2S2/c1-6-12-8-13-11(3)10-21(4,5)23-16(13)14(9-12)15(18(23)24)17-19(25)22(7-2)20(26)27-17/h8-10H,6-7H2,1-5H3/b17-15-. The Kier molecular flexibility index (Phi) is 4.13. The van der Waals surface area contributed by atoms with Crippen LogP contribution in [0.5, 0.6) is 0 Å². The number of aryl methyl sites for hydroxylation is 1. The van der Waals surface area contributed by atoms with Crippen molar-refractivity contribution in [1.29, 1.82) is 0 Å². The Morgan fingerprint density at radius 2 is 1.78 bits per heavy atom. The molecule has 3 heterocycles. The Hall–Kier alpha value is -1.92. The lowest BCUT2D eigenvalue weighted by atomic mass is 9.87. The SMILES string of the molecule is CCc1cc2c3c(c1)/C(=C1/SC(=S)N(CC)C1=O)C(=O)N3C(C)(C)C=C2C. The molecule has 2 amide bonds. The first-order valence-electron chi connectivity index (χ1n) is 9.20. The Balaban J connectivity index is 2.04. The van der Waals surface area contributed by atoms with Gasteiger partial charge >= 0.3 is 0 Å². The summed E-state index contributed by atoms with van der Waals surface area (Å²) >= 11 is 6.62. The Labute approximate surface area is 169 Å². The number of allylic oxidation sites excluding steroid dienone is 1. The van der Waals surface area contributed by atoms with E-state index in [1.165, 1.54) is 11.8 Å². The summed E-state index contributed by atoms with van der Waals surface area (Å²) in [7, 11) is 0. The largest absolute Gasteiger partial charge is 0.298 e. The highest BCUT2D eigenvalue weighted by Gasteiger charge is 2.48. The third-order valence-electron chi connectivity index (χ3n) is 5.45. The molecule has 0 radical (unpaired) electrons. The second-order valence-corrected chi connectivity index (χ2v) is 9.28. The van der Waals surface area contributed by atoms with Gasteiger partial charge in [0.25, 0.3) is 11.8 Å². The van der Waals surface area contributed by atoms with Crippen molar-refractivity contribution in [1.82, 2.24) is 4.90 Å². The molecule has 0 N–H and O–H groups in total. The lowest BCUT2D eigenvalue weighted by Crippen LogP contribution is -2.46. The summed E-state index contributed by atoms with van der Waals surface area (Å²) in [5, 5.41) is 0. The lowest BCUT2D eigenvalue weighted by molar-refractivity contribution is -0.122. The molecule has 0 spiro atoms. The van der Waals surface area contributed by atoms with Crippen molar-refractivity contribution in [2.75, 3.05) is 11.4 Å². The number of thiocarbonyl (C=S) groups is 1. The average Bonchev–Trinajstić information content (AvgIpc) is 3.05. The zero-order valence-corrected chi connectivity index (χ0v) is 17.8. The van der Waals surface area contributed by atoms with E-state index in [4.69, 9.17) is 12.2 Å². The van der Waals surface area contributed by atoms with Gasteiger partial charge in [-0.15, -0.1) is 0 Å². The molecule has 4 rings (SSSR count). The van der Waals surface area contributed by atoms with Crippen molar-refractivity contribution in [3.05, 3.63) is 39.8 Å². The summed E-state index contributed by atoms with van der Waals surface area (Å²) in [5.41, 5.74) is 5.26. The molecule has 3 aliphatic rings. The van der Waals surface area contributed by atoms with Crippen molar-refractivity contribution in [2.24, 2.45) is 0 Å². The summed E-state index contributed by atoms with van der Waals surface area (Å²) in [6.45, 7) is 10.7. The Morgan fingerprint density at radius 3 is 2.37 bits per heavy atom. The third kappa shape index (κ3) is 2.46. The van der Waals surface area contributed by atoms with Crippen molar-refractivity contribution >= 4 is 56.9 Å². The van der Waals surface area contributed by atoms with Crippen molar-refractivity contribution in [2.45, 2.75) is 46.6 Å². The molecule has 0 atom stereocenters. The minimum absolute atomic E-state index is 0.107. The van der Waals surface area contributed by atoms with Gasteiger partial charge in [0.1, 0.15) is 4.32 Å². The van der Waals surface area contributed by atoms with E-state index >= 15 is 0 Å². The molecule has 1 saturated heterocycles. The number of carbonyl (C=O) groups is 2. The van der Waals surface area contributed by atoms with Gasteiger partial charge < -0.3 is 0 Å². The van der Waals surface area contributed by atoms with Crippen LogP contribution < -0.4 is 4.90 Å². The Morgan fingerprint density at radius 1 is 1.11 bits per heavy atom. The van der Waals surface area contributed by atoms with E-state index in [0.29, 0.717) is 21.3 Å². The number of thioether (sulfide) groups is 1. The topological polar surface area (TPSA) is 40.6 Å². The van der Waals surface area contributed by atoms with Crippen LogP contribution >= 0.6 is 24.0 Å². The molecule has 0 saturated carbocycles. The maximum absolute atomic E-state index is 13.5. The van der Waals surface area contributed by atoms with Crippen LogP contribution in [-0.4, -0.2) is 33.1 Å². The average molecular weight is 399 g/mol. The van der Waals surface area contributed by atoms with Gasteiger partial charge in [-0.3, -0.25) is 19.4 Å². The maximum atomic E-state index is 13.5. The van der Waals surface area contributed by atoms with Crippen LogP contribution in [0, 0.1) is 0 Å². The molecular formula is C21H22N2O2S2. The number of nitrogens with zero attached hydrogens (tertiary/aromatic N) is 2. The van der Waals surface area contributed by atoms with E-state index in [1.54, 1.807) is 4.90 Å². The fraction of sp³-hybridized carbons (Fsp3) is 0.381. The molecule has 0 bridgehead atoms. The normalized spacial score (nSPS) is 23.3. The minimum atomic E-state index is -0.448. The van der Waals surface area contributed by atoms with E-state index in [-0.39, 0.29) is 11.8 Å². The molecule has 0 aliphatic carbocycles. The quantitative estimate of drug-likeness (QED) is 0.547. The van der Waals surface area contributed by atoms with Gasteiger partial charge in [-0.1, -0.05) is 37.0 Å². The highest BCUT2D eigenvalue weighted by atomic mass is 32.2. The van der Waals surface area contributed by atoms with E-state index in [1.807, 2.05) is 25.7 Å². The first-order chi connectivity index (χ1) is 12.7. The lowest BCUT2D eigenvalue weighted by Gasteiger charge is -2.38. The predicted octanol–water partition coefficient (Wildman–Crippen LogP) is 4.38. The number of rotatable bonds is 2. The van der Waals surface area contributed by atoms with Crippen molar-refractivity contribution < 1.29 is 9.59 Å². The molecule has 1 fully saturated rings. The molecule has 4 nitrogen and oxygen atoms in total. The van der Waals surface area contributed by atoms with Gasteiger partial charge in [-0.25, -0.2) is 0 Å². The fourth-order valence-electron chi connectivity index (χ4n) is 4.22. The summed E-state index contributed by atoms with van der Waals surface area (Å²) in [5.74, 6) is -0.265. The van der Waals surface area contributed by atoms with Gasteiger partial charge in [0, 0.05) is 17.7 Å². The van der Waals surface area contributed by atoms with E-state index in [9.17, 15) is 9.59 Å². The van der Waals surface area contributed by atoms with Crippen molar-refractivity contribution in [3.8, 4) is 0 Å². The van der Waals surface area contributed by atoms with Gasteiger partial charge in [0.15, 0.2) is 0 Å². The molecule has 1 aromatic rings. The van der Waals surface area contributed by atoms with Gasteiger partial charge in [-0.2, -0.15) is 0 Å². The van der Waals surface area contributed by atoms with Gasteiger partial charge in [0.05, 0.1) is 21.7 Å². The van der Waals surface area contributed by atoms with E-state index < -0.39 is 5.54 Å². The van der Waals surface area contributed by atoms with Crippen LogP contribution in [0.2, 0.25) is 0 Å². The first-order valence-corrected chi connectivity index (χ1v) is 10.4. The zero-order valence-electron chi connectivity index (χ0n) is 16.2. The van der Waals surface area contributed by atoms with E-state index in [0.717, 1.165) is 34.4 Å². The fourth-order valence-corrected chi connectivity index (χ4v) is 5.68. The summed E-state index contributed by atoms with van der Waals surface area (Å²) in [6, 6.07) is 4.24. The van der Waals surface area contributed by atoms with Crippen LogP contribution in [-0.2, 0) is 16.0 Å². The number of benzene rings is 1. The van der Waals surface area contributed by atoms with E-state index in [2.05, 4.69) is 32.1 Å². The van der Waals surface area contributed by atoms with Crippen LogP contribution in [0.3, 0.4) is 0 Å². The molecule has 1 aromatic carbocycles. The van der Waals surface area contributed by atoms with Crippen LogP contribution in [0.4, 0.5) is 5.69 Å². The number of hydrogen-bond acceptors (Lipinski definition) is 4. The maximum Gasteiger partial charge on any atom is 0.266 e. The number of anilines is 1. The first kappa shape index (κ1) is 18.4. The van der Waals surface area contributed by atoms with Gasteiger partial charge in [-0.05, 0) is 57.4 Å². The number of carbonyl (C=O) groups excluding carboxylic acids is 2. The second-order valence-electron chi connectivity index (χ2n) is 7.64. The highest BCUT2D eigenvalue weighted by molar-refractivity contribution is 8.26. The summed E-state index contributed by atoms with van der Waals surface area (Å²) in [6.07, 6.45) is 3.00. The minimum Gasteiger partial charge on any atom is -0.298 e. The number of hydrogen-bond donors (Lipinski definition) is 0. The van der Waals surface area contributed by atoms with Gasteiger partial charge in [0.2, 0.25) is 0 Å². The zero-order chi connectivity index (χ0) is 19.7. The third-order valence-corrected chi connectivity index (χ3v) is 6.90. The van der Waals surface area contributed by atoms with Crippen LogP contribution in [0.25, 0.3) is 11.1 Å². The number of likely N-dealkylation sites (N-methyl/N-ethyl adjacent to an activating group) is 1. The summed E-state index contributed by atoms with van der Waals surface area (Å²) < 4.78 is 0.521. The predicted molar refractivity (Wildman–Crippen MR) is 116 cm³/mol. The number of amides is 2. The molecule has 0 aromatic heterocycles. The molecule has 140 valence electrons. The second kappa shape index (κ2) is 6.04. The van der Waals surface area contributed by atoms with Crippen molar-refractivity contribution in [3.63, 3.8) is 0 Å². The Bertz CT molecular complexity index is 988. The van der Waals surface area contributed by atoms with Crippen LogP contribution in [0.1, 0.15) is 51.3 Å². The smallest absolute Gasteiger partial charge is 0.266 e. The summed E-state index contributed by atoms with van der Waals surface area (Å²) in [4.78, 5) is 30.4. The molecular weight excluding hydrogens is 376 g/mol. The molecule has 6 heteroatoms. The monoisotopic (exact) mass is 398 g/mol.